The Morgan fingerprint density at radius 1 is 1.18 bits per heavy atom. The molecule has 1 N–H and O–H groups in total. The molecule has 1 aromatic heterocycles. The predicted octanol–water partition coefficient (Wildman–Crippen LogP) is 5.05. The van der Waals surface area contributed by atoms with Crippen molar-refractivity contribution in [2.75, 3.05) is 11.5 Å². The van der Waals surface area contributed by atoms with E-state index in [-0.39, 0.29) is 27.8 Å². The van der Waals surface area contributed by atoms with E-state index in [1.165, 1.54) is 12.1 Å². The molecule has 1 atom stereocenters. The molecule has 2 aromatic carbocycles. The fourth-order valence-electron chi connectivity index (χ4n) is 3.62. The summed E-state index contributed by atoms with van der Waals surface area (Å²) in [5.74, 6) is -3.43. The van der Waals surface area contributed by atoms with Gasteiger partial charge < -0.3 is 9.84 Å². The number of hydrogen-bond donors (Lipinski definition) is 1. The van der Waals surface area contributed by atoms with Gasteiger partial charge in [0.15, 0.2) is 5.13 Å². The number of halogens is 2. The SMILES string of the molecule is CCOC(=O)c1sc(N2C(=O)C(=O)C(=C(O)c3ccc(F)cc3)C2c2ccc(Cl)cc2)nc1C. The Labute approximate surface area is 203 Å². The zero-order valence-corrected chi connectivity index (χ0v) is 19.6. The van der Waals surface area contributed by atoms with E-state index < -0.39 is 35.3 Å². The second-order valence-electron chi connectivity index (χ2n) is 7.36. The monoisotopic (exact) mass is 500 g/mol. The molecule has 4 rings (SSSR count). The molecule has 1 fully saturated rings. The number of rotatable bonds is 5. The molecule has 1 saturated heterocycles. The molecule has 0 bridgehead atoms. The topological polar surface area (TPSA) is 96.8 Å². The molecule has 1 aliphatic rings. The van der Waals surface area contributed by atoms with E-state index in [2.05, 4.69) is 4.98 Å². The van der Waals surface area contributed by atoms with E-state index in [1.807, 2.05) is 0 Å². The van der Waals surface area contributed by atoms with Crippen molar-refractivity contribution >= 4 is 51.5 Å². The molecule has 0 aliphatic carbocycles. The maximum atomic E-state index is 13.4. The van der Waals surface area contributed by atoms with Crippen LogP contribution in [0.15, 0.2) is 54.1 Å². The highest BCUT2D eigenvalue weighted by molar-refractivity contribution is 7.17. The van der Waals surface area contributed by atoms with Gasteiger partial charge in [0, 0.05) is 10.6 Å². The van der Waals surface area contributed by atoms with E-state index in [0.717, 1.165) is 28.4 Å². The number of carbonyl (C=O) groups excluding carboxylic acids is 3. The van der Waals surface area contributed by atoms with Crippen LogP contribution < -0.4 is 4.90 Å². The zero-order valence-electron chi connectivity index (χ0n) is 18.0. The fraction of sp³-hybridized carbons (Fsp3) is 0.167. The van der Waals surface area contributed by atoms with Crippen LogP contribution in [0.4, 0.5) is 9.52 Å². The number of thiazole rings is 1. The van der Waals surface area contributed by atoms with Gasteiger partial charge in [0.25, 0.3) is 5.78 Å². The van der Waals surface area contributed by atoms with Gasteiger partial charge >= 0.3 is 11.9 Å². The lowest BCUT2D eigenvalue weighted by molar-refractivity contribution is -0.132. The van der Waals surface area contributed by atoms with Gasteiger partial charge in [-0.15, -0.1) is 0 Å². The Kier molecular flexibility index (Phi) is 6.49. The predicted molar refractivity (Wildman–Crippen MR) is 125 cm³/mol. The van der Waals surface area contributed by atoms with Crippen molar-refractivity contribution in [2.24, 2.45) is 0 Å². The first kappa shape index (κ1) is 23.6. The van der Waals surface area contributed by atoms with Crippen LogP contribution >= 0.6 is 22.9 Å². The van der Waals surface area contributed by atoms with E-state index in [9.17, 15) is 23.9 Å². The Hall–Kier alpha value is -3.56. The van der Waals surface area contributed by atoms with Gasteiger partial charge in [-0.3, -0.25) is 14.5 Å². The summed E-state index contributed by atoms with van der Waals surface area (Å²) in [4.78, 5) is 44.3. The van der Waals surface area contributed by atoms with Crippen molar-refractivity contribution in [3.8, 4) is 0 Å². The lowest BCUT2D eigenvalue weighted by atomic mass is 9.95. The van der Waals surface area contributed by atoms with Gasteiger partial charge in [0.1, 0.15) is 16.5 Å². The van der Waals surface area contributed by atoms with Crippen molar-refractivity contribution in [3.05, 3.63) is 86.6 Å². The molecule has 1 amide bonds. The van der Waals surface area contributed by atoms with Crippen LogP contribution in [-0.2, 0) is 14.3 Å². The number of anilines is 1. The number of nitrogens with zero attached hydrogens (tertiary/aromatic N) is 2. The Morgan fingerprint density at radius 3 is 2.44 bits per heavy atom. The van der Waals surface area contributed by atoms with E-state index in [1.54, 1.807) is 38.1 Å². The van der Waals surface area contributed by atoms with Crippen molar-refractivity contribution in [1.82, 2.24) is 4.98 Å². The molecule has 0 spiro atoms. The van der Waals surface area contributed by atoms with Crippen LogP contribution in [0.3, 0.4) is 0 Å². The van der Waals surface area contributed by atoms with Crippen molar-refractivity contribution in [1.29, 1.82) is 0 Å². The first-order valence-corrected chi connectivity index (χ1v) is 11.4. The van der Waals surface area contributed by atoms with Crippen LogP contribution in [0.2, 0.25) is 5.02 Å². The molecule has 0 saturated carbocycles. The Morgan fingerprint density at radius 2 is 1.82 bits per heavy atom. The molecule has 1 aliphatic heterocycles. The van der Waals surface area contributed by atoms with E-state index in [4.69, 9.17) is 16.3 Å². The summed E-state index contributed by atoms with van der Waals surface area (Å²) in [6.45, 7) is 3.43. The summed E-state index contributed by atoms with van der Waals surface area (Å²) in [7, 11) is 0. The molecule has 7 nitrogen and oxygen atoms in total. The third kappa shape index (κ3) is 4.20. The first-order chi connectivity index (χ1) is 16.2. The summed E-state index contributed by atoms with van der Waals surface area (Å²) in [6, 6.07) is 10.3. The Bertz CT molecular complexity index is 1320. The number of aryl methyl sites for hydroxylation is 1. The van der Waals surface area contributed by atoms with Crippen molar-refractivity contribution in [2.45, 2.75) is 19.9 Å². The summed E-state index contributed by atoms with van der Waals surface area (Å²) in [6.07, 6.45) is 0. The van der Waals surface area contributed by atoms with Gasteiger partial charge in [0.2, 0.25) is 0 Å². The molecule has 174 valence electrons. The number of ketones is 1. The highest BCUT2D eigenvalue weighted by atomic mass is 35.5. The summed E-state index contributed by atoms with van der Waals surface area (Å²) in [5, 5.41) is 11.5. The molecular formula is C24H18ClFN2O5S. The standard InChI is InChI=1S/C24H18ClFN2O5S/c1-3-33-23(32)21-12(2)27-24(34-21)28-18(13-4-8-15(25)9-5-13)17(20(30)22(28)31)19(29)14-6-10-16(26)11-7-14/h4-11,18,29H,3H2,1-2H3. The van der Waals surface area contributed by atoms with Gasteiger partial charge in [0.05, 0.1) is 23.9 Å². The third-order valence-corrected chi connectivity index (χ3v) is 6.59. The minimum atomic E-state index is -1.05. The maximum absolute atomic E-state index is 13.4. The largest absolute Gasteiger partial charge is 0.507 e. The van der Waals surface area contributed by atoms with Crippen LogP contribution in [0.1, 0.15) is 39.5 Å². The smallest absolute Gasteiger partial charge is 0.350 e. The Balaban J connectivity index is 1.90. The quantitative estimate of drug-likeness (QED) is 0.228. The number of carbonyl (C=O) groups is 3. The van der Waals surface area contributed by atoms with Gasteiger partial charge in [-0.25, -0.2) is 14.2 Å². The highest BCUT2D eigenvalue weighted by Gasteiger charge is 2.48. The summed E-state index contributed by atoms with van der Waals surface area (Å²) >= 11 is 6.93. The molecule has 1 unspecified atom stereocenters. The third-order valence-electron chi connectivity index (χ3n) is 5.20. The molecule has 34 heavy (non-hydrogen) atoms. The molecule has 3 aromatic rings. The van der Waals surface area contributed by atoms with E-state index >= 15 is 0 Å². The van der Waals surface area contributed by atoms with Crippen LogP contribution in [0.25, 0.3) is 5.76 Å². The number of amides is 1. The van der Waals surface area contributed by atoms with Gasteiger partial charge in [-0.1, -0.05) is 35.1 Å². The van der Waals surface area contributed by atoms with Gasteiger partial charge in [-0.2, -0.15) is 0 Å². The second kappa shape index (κ2) is 9.36. The summed E-state index contributed by atoms with van der Waals surface area (Å²) < 4.78 is 18.5. The minimum Gasteiger partial charge on any atom is -0.507 e. The molecule has 10 heteroatoms. The average Bonchev–Trinajstić information content (AvgIpc) is 3.31. The highest BCUT2D eigenvalue weighted by Crippen LogP contribution is 2.44. The molecular weight excluding hydrogens is 483 g/mol. The number of Topliss-reactive ketones (excluding diaryl/α,β-unsaturated/α-hetero) is 1. The number of aliphatic hydroxyl groups excluding tert-OH is 1. The average molecular weight is 501 g/mol. The first-order valence-electron chi connectivity index (χ1n) is 10.2. The second-order valence-corrected chi connectivity index (χ2v) is 8.77. The fourth-order valence-corrected chi connectivity index (χ4v) is 4.74. The number of aromatic nitrogens is 1. The molecule has 0 radical (unpaired) electrons. The normalized spacial score (nSPS) is 17.3. The van der Waals surface area contributed by atoms with Gasteiger partial charge in [-0.05, 0) is 55.8 Å². The lowest BCUT2D eigenvalue weighted by Gasteiger charge is -2.23. The number of benzene rings is 2. The number of aliphatic hydroxyl groups is 1. The van der Waals surface area contributed by atoms with Crippen LogP contribution in [0, 0.1) is 12.7 Å². The maximum Gasteiger partial charge on any atom is 0.350 e. The minimum absolute atomic E-state index is 0.0979. The van der Waals surface area contributed by atoms with Crippen LogP contribution in [-0.4, -0.2) is 34.4 Å². The number of esters is 1. The summed E-state index contributed by atoms with van der Waals surface area (Å²) in [5.41, 5.74) is 0.803. The van der Waals surface area contributed by atoms with Crippen molar-refractivity contribution in [3.63, 3.8) is 0 Å². The number of ether oxygens (including phenoxy) is 1. The van der Waals surface area contributed by atoms with E-state index in [0.29, 0.717) is 16.3 Å². The van der Waals surface area contributed by atoms with Crippen LogP contribution in [0.5, 0.6) is 0 Å². The van der Waals surface area contributed by atoms with Crippen molar-refractivity contribution < 1.29 is 28.6 Å². The molecule has 2 heterocycles. The number of hydrogen-bond acceptors (Lipinski definition) is 7. The lowest BCUT2D eigenvalue weighted by Crippen LogP contribution is -2.29. The zero-order chi connectivity index (χ0) is 24.6.